The van der Waals surface area contributed by atoms with Gasteiger partial charge in [-0.05, 0) is 55.0 Å². The first kappa shape index (κ1) is 19.3. The van der Waals surface area contributed by atoms with Gasteiger partial charge in [-0.15, -0.1) is 0 Å². The van der Waals surface area contributed by atoms with Crippen LogP contribution >= 0.6 is 23.2 Å². The Morgan fingerprint density at radius 3 is 2.45 bits per heavy atom. The topological polar surface area (TPSA) is 50.2 Å². The van der Waals surface area contributed by atoms with E-state index in [9.17, 15) is 4.39 Å². The molecule has 0 bridgehead atoms. The summed E-state index contributed by atoms with van der Waals surface area (Å²) in [6.07, 6.45) is 0. The summed E-state index contributed by atoms with van der Waals surface area (Å²) in [6, 6.07) is 19.0. The number of hydrazone groups is 1. The average Bonchev–Trinajstić information content (AvgIpc) is 2.74. The summed E-state index contributed by atoms with van der Waals surface area (Å²) in [5.41, 5.74) is 6.03. The maximum atomic E-state index is 13.1. The SMILES string of the molecule is C/C(=N\Nc1nc(-c2ccc(Cl)c(Cl)c2)nc2ccccc12)c1ccc(F)cc1. The van der Waals surface area contributed by atoms with Crippen molar-refractivity contribution in [3.05, 3.63) is 88.2 Å². The Hall–Kier alpha value is -3.02. The second-order valence-electron chi connectivity index (χ2n) is 6.36. The van der Waals surface area contributed by atoms with E-state index in [4.69, 9.17) is 23.2 Å². The van der Waals surface area contributed by atoms with Gasteiger partial charge in [0.1, 0.15) is 5.82 Å². The number of fused-ring (bicyclic) bond motifs is 1. The maximum Gasteiger partial charge on any atom is 0.162 e. The predicted octanol–water partition coefficient (Wildman–Crippen LogP) is 6.58. The fourth-order valence-electron chi connectivity index (χ4n) is 2.82. The number of anilines is 1. The molecule has 0 aliphatic rings. The molecule has 0 aliphatic carbocycles. The lowest BCUT2D eigenvalue weighted by atomic mass is 10.1. The molecule has 0 saturated heterocycles. The lowest BCUT2D eigenvalue weighted by molar-refractivity contribution is 0.628. The van der Waals surface area contributed by atoms with Crippen LogP contribution in [0.5, 0.6) is 0 Å². The van der Waals surface area contributed by atoms with Crippen LogP contribution < -0.4 is 5.43 Å². The molecule has 1 aromatic heterocycles. The molecule has 0 saturated carbocycles. The molecule has 4 rings (SSSR count). The van der Waals surface area contributed by atoms with Gasteiger partial charge in [0.15, 0.2) is 11.6 Å². The molecule has 1 heterocycles. The Balaban J connectivity index is 1.75. The summed E-state index contributed by atoms with van der Waals surface area (Å²) in [6.45, 7) is 1.84. The summed E-state index contributed by atoms with van der Waals surface area (Å²) >= 11 is 12.2. The number of halogens is 3. The highest BCUT2D eigenvalue weighted by molar-refractivity contribution is 6.42. The molecule has 0 atom stereocenters. The summed E-state index contributed by atoms with van der Waals surface area (Å²) in [5.74, 6) is 0.764. The molecule has 144 valence electrons. The number of aromatic nitrogens is 2. The molecule has 0 unspecified atom stereocenters. The molecule has 4 aromatic rings. The monoisotopic (exact) mass is 424 g/mol. The molecule has 0 fully saturated rings. The van der Waals surface area contributed by atoms with Crippen LogP contribution in [0.3, 0.4) is 0 Å². The summed E-state index contributed by atoms with van der Waals surface area (Å²) in [5, 5.41) is 6.14. The molecule has 0 spiro atoms. The number of para-hydroxylation sites is 1. The van der Waals surface area contributed by atoms with Crippen LogP contribution in [-0.4, -0.2) is 15.7 Å². The van der Waals surface area contributed by atoms with Crippen LogP contribution in [0.1, 0.15) is 12.5 Å². The highest BCUT2D eigenvalue weighted by Crippen LogP contribution is 2.29. The minimum Gasteiger partial charge on any atom is -0.260 e. The van der Waals surface area contributed by atoms with E-state index in [-0.39, 0.29) is 5.82 Å². The van der Waals surface area contributed by atoms with Gasteiger partial charge >= 0.3 is 0 Å². The Bertz CT molecular complexity index is 1220. The molecule has 4 nitrogen and oxygen atoms in total. The number of benzene rings is 3. The number of hydrogen-bond acceptors (Lipinski definition) is 4. The van der Waals surface area contributed by atoms with Gasteiger partial charge in [-0.2, -0.15) is 5.10 Å². The lowest BCUT2D eigenvalue weighted by Gasteiger charge is -2.10. The van der Waals surface area contributed by atoms with Crippen molar-refractivity contribution in [3.63, 3.8) is 0 Å². The van der Waals surface area contributed by atoms with Crippen molar-refractivity contribution in [2.75, 3.05) is 5.43 Å². The van der Waals surface area contributed by atoms with Crippen LogP contribution in [0, 0.1) is 5.82 Å². The van der Waals surface area contributed by atoms with E-state index in [2.05, 4.69) is 20.5 Å². The number of hydrogen-bond donors (Lipinski definition) is 1. The predicted molar refractivity (Wildman–Crippen MR) is 117 cm³/mol. The van der Waals surface area contributed by atoms with Crippen molar-refractivity contribution in [1.29, 1.82) is 0 Å². The normalized spacial score (nSPS) is 11.7. The smallest absolute Gasteiger partial charge is 0.162 e. The number of nitrogens with one attached hydrogen (secondary N) is 1. The van der Waals surface area contributed by atoms with Crippen LogP contribution in [0.2, 0.25) is 10.0 Å². The largest absolute Gasteiger partial charge is 0.260 e. The summed E-state index contributed by atoms with van der Waals surface area (Å²) < 4.78 is 13.1. The van der Waals surface area contributed by atoms with Crippen LogP contribution in [-0.2, 0) is 0 Å². The van der Waals surface area contributed by atoms with Crippen molar-refractivity contribution in [3.8, 4) is 11.4 Å². The van der Waals surface area contributed by atoms with Crippen molar-refractivity contribution in [1.82, 2.24) is 9.97 Å². The third kappa shape index (κ3) is 4.21. The first-order valence-corrected chi connectivity index (χ1v) is 9.55. The molecule has 0 amide bonds. The number of rotatable bonds is 4. The zero-order chi connectivity index (χ0) is 20.4. The average molecular weight is 425 g/mol. The Kier molecular flexibility index (Phi) is 5.43. The maximum absolute atomic E-state index is 13.1. The van der Waals surface area contributed by atoms with Gasteiger partial charge in [0.05, 0.1) is 21.3 Å². The third-order valence-corrected chi connectivity index (χ3v) is 5.11. The molecule has 0 aliphatic heterocycles. The van der Waals surface area contributed by atoms with E-state index < -0.39 is 0 Å². The van der Waals surface area contributed by atoms with E-state index in [1.807, 2.05) is 37.3 Å². The Morgan fingerprint density at radius 1 is 0.931 bits per heavy atom. The quantitative estimate of drug-likeness (QED) is 0.297. The molecule has 3 aromatic carbocycles. The zero-order valence-corrected chi connectivity index (χ0v) is 16.8. The van der Waals surface area contributed by atoms with Crippen LogP contribution in [0.4, 0.5) is 10.2 Å². The van der Waals surface area contributed by atoms with Gasteiger partial charge in [0.25, 0.3) is 0 Å². The van der Waals surface area contributed by atoms with E-state index in [0.29, 0.717) is 27.4 Å². The first-order valence-electron chi connectivity index (χ1n) is 8.80. The van der Waals surface area contributed by atoms with Crippen molar-refractivity contribution >= 4 is 45.6 Å². The van der Waals surface area contributed by atoms with Gasteiger partial charge in [-0.3, -0.25) is 5.43 Å². The summed E-state index contributed by atoms with van der Waals surface area (Å²) in [7, 11) is 0. The van der Waals surface area contributed by atoms with Gasteiger partial charge in [-0.1, -0.05) is 47.5 Å². The fraction of sp³-hybridized carbons (Fsp3) is 0.0455. The first-order chi connectivity index (χ1) is 14.0. The second kappa shape index (κ2) is 8.15. The fourth-order valence-corrected chi connectivity index (χ4v) is 3.12. The third-order valence-electron chi connectivity index (χ3n) is 4.37. The standard InChI is InChI=1S/C22H15Cl2FN4/c1-13(14-6-9-16(25)10-7-14)28-29-22-17-4-2-3-5-20(17)26-21(27-22)15-8-11-18(23)19(24)12-15/h2-12H,1H3,(H,26,27,29)/b28-13+. The molecule has 29 heavy (non-hydrogen) atoms. The van der Waals surface area contributed by atoms with E-state index in [1.54, 1.807) is 24.3 Å². The van der Waals surface area contributed by atoms with E-state index >= 15 is 0 Å². The molecule has 1 N–H and O–H groups in total. The van der Waals surface area contributed by atoms with Gasteiger partial charge in [0.2, 0.25) is 0 Å². The van der Waals surface area contributed by atoms with E-state index in [0.717, 1.165) is 22.0 Å². The van der Waals surface area contributed by atoms with Crippen LogP contribution in [0.25, 0.3) is 22.3 Å². The van der Waals surface area contributed by atoms with Crippen molar-refractivity contribution < 1.29 is 4.39 Å². The Morgan fingerprint density at radius 2 is 1.69 bits per heavy atom. The highest BCUT2D eigenvalue weighted by Gasteiger charge is 2.11. The summed E-state index contributed by atoms with van der Waals surface area (Å²) in [4.78, 5) is 9.26. The van der Waals surface area contributed by atoms with Crippen LogP contribution in [0.15, 0.2) is 71.8 Å². The second-order valence-corrected chi connectivity index (χ2v) is 7.17. The van der Waals surface area contributed by atoms with Crippen molar-refractivity contribution in [2.45, 2.75) is 6.92 Å². The highest BCUT2D eigenvalue weighted by atomic mass is 35.5. The van der Waals surface area contributed by atoms with E-state index in [1.165, 1.54) is 12.1 Å². The van der Waals surface area contributed by atoms with Gasteiger partial charge in [0, 0.05) is 10.9 Å². The molecular weight excluding hydrogens is 410 g/mol. The lowest BCUT2D eigenvalue weighted by Crippen LogP contribution is -2.03. The van der Waals surface area contributed by atoms with Gasteiger partial charge in [-0.25, -0.2) is 14.4 Å². The zero-order valence-electron chi connectivity index (χ0n) is 15.3. The minimum atomic E-state index is -0.289. The number of nitrogens with zero attached hydrogens (tertiary/aromatic N) is 3. The molecule has 7 heteroatoms. The Labute approximate surface area is 177 Å². The van der Waals surface area contributed by atoms with Gasteiger partial charge < -0.3 is 0 Å². The molecular formula is C22H15Cl2FN4. The minimum absolute atomic E-state index is 0.289. The van der Waals surface area contributed by atoms with Crippen molar-refractivity contribution in [2.24, 2.45) is 5.10 Å². The molecule has 0 radical (unpaired) electrons.